The molecule has 0 aliphatic carbocycles. The Morgan fingerprint density at radius 1 is 1.18 bits per heavy atom. The van der Waals surface area contributed by atoms with E-state index >= 15 is 0 Å². The van der Waals surface area contributed by atoms with Crippen LogP contribution in [-0.4, -0.2) is 5.11 Å². The van der Waals surface area contributed by atoms with Crippen LogP contribution in [0.2, 0.25) is 0 Å². The van der Waals surface area contributed by atoms with Gasteiger partial charge in [-0.15, -0.1) is 6.58 Å². The van der Waals surface area contributed by atoms with Gasteiger partial charge in [-0.05, 0) is 33.8 Å². The molecule has 0 amide bonds. The van der Waals surface area contributed by atoms with E-state index in [1.807, 2.05) is 26.8 Å². The maximum Gasteiger partial charge on any atom is 0.0891 e. The fourth-order valence-corrected chi connectivity index (χ4v) is 0.287. The van der Waals surface area contributed by atoms with E-state index in [-0.39, 0.29) is 0 Å². The second-order valence-electron chi connectivity index (χ2n) is 2.46. The Morgan fingerprint density at radius 2 is 1.55 bits per heavy atom. The lowest BCUT2D eigenvalue weighted by molar-refractivity contribution is 0.414. The molecule has 0 bridgehead atoms. The third-order valence-electron chi connectivity index (χ3n) is 0.658. The van der Waals surface area contributed by atoms with E-state index in [1.165, 1.54) is 5.57 Å². The molecular formula is C10H18O. The smallest absolute Gasteiger partial charge is 0.0891 e. The quantitative estimate of drug-likeness (QED) is 0.347. The SMILES string of the molecule is C=CC.CC(C)=C/C=C(/C)O. The Labute approximate surface area is 69.8 Å². The molecular weight excluding hydrogens is 136 g/mol. The molecule has 0 saturated heterocycles. The number of aliphatic hydroxyl groups excluding tert-OH is 1. The minimum absolute atomic E-state index is 0.353. The van der Waals surface area contributed by atoms with Crippen LogP contribution in [0.15, 0.2) is 36.1 Å². The van der Waals surface area contributed by atoms with Crippen molar-refractivity contribution in [3.8, 4) is 0 Å². The summed E-state index contributed by atoms with van der Waals surface area (Å²) in [4.78, 5) is 0. The van der Waals surface area contributed by atoms with Gasteiger partial charge in [0, 0.05) is 0 Å². The predicted octanol–water partition coefficient (Wildman–Crippen LogP) is 3.61. The molecule has 0 unspecified atom stereocenters. The van der Waals surface area contributed by atoms with Crippen LogP contribution in [0.25, 0.3) is 0 Å². The van der Waals surface area contributed by atoms with Crippen molar-refractivity contribution in [3.05, 3.63) is 36.1 Å². The van der Waals surface area contributed by atoms with E-state index in [2.05, 4.69) is 6.58 Å². The van der Waals surface area contributed by atoms with Gasteiger partial charge in [-0.3, -0.25) is 0 Å². The molecule has 0 aromatic rings. The molecule has 0 saturated carbocycles. The van der Waals surface area contributed by atoms with Crippen LogP contribution in [0, 0.1) is 0 Å². The highest BCUT2D eigenvalue weighted by atomic mass is 16.3. The molecule has 11 heavy (non-hydrogen) atoms. The Bertz CT molecular complexity index is 128. The first-order valence-corrected chi connectivity index (χ1v) is 3.62. The predicted molar refractivity (Wildman–Crippen MR) is 51.7 cm³/mol. The molecule has 0 radical (unpaired) electrons. The molecule has 0 rings (SSSR count). The zero-order chi connectivity index (χ0) is 9.28. The lowest BCUT2D eigenvalue weighted by Gasteiger charge is -1.83. The highest BCUT2D eigenvalue weighted by Crippen LogP contribution is 1.91. The monoisotopic (exact) mass is 154 g/mol. The summed E-state index contributed by atoms with van der Waals surface area (Å²) in [5, 5.41) is 8.62. The first-order chi connectivity index (χ1) is 5.04. The van der Waals surface area contributed by atoms with E-state index < -0.39 is 0 Å². The van der Waals surface area contributed by atoms with E-state index in [4.69, 9.17) is 5.11 Å². The van der Waals surface area contributed by atoms with Crippen molar-refractivity contribution in [2.24, 2.45) is 0 Å². The summed E-state index contributed by atoms with van der Waals surface area (Å²) in [5.74, 6) is 0.353. The first-order valence-electron chi connectivity index (χ1n) is 3.62. The standard InChI is InChI=1S/C7H12O.C3H6/c1-6(2)4-5-7(3)8;1-3-2/h4-5,8H,1-3H3;3H,1H2,2H3/b7-5-;. The second kappa shape index (κ2) is 9.02. The van der Waals surface area contributed by atoms with Gasteiger partial charge in [0.25, 0.3) is 0 Å². The van der Waals surface area contributed by atoms with Crippen molar-refractivity contribution in [2.75, 3.05) is 0 Å². The Morgan fingerprint density at radius 3 is 1.64 bits per heavy atom. The maximum absolute atomic E-state index is 8.62. The summed E-state index contributed by atoms with van der Waals surface area (Å²) in [6, 6.07) is 0. The third kappa shape index (κ3) is 27.5. The third-order valence-corrected chi connectivity index (χ3v) is 0.658. The summed E-state index contributed by atoms with van der Waals surface area (Å²) in [5.41, 5.74) is 1.19. The van der Waals surface area contributed by atoms with Gasteiger partial charge < -0.3 is 5.11 Å². The Kier molecular flexibility index (Phi) is 10.4. The van der Waals surface area contributed by atoms with Gasteiger partial charge in [-0.25, -0.2) is 0 Å². The van der Waals surface area contributed by atoms with Gasteiger partial charge in [-0.1, -0.05) is 17.7 Å². The van der Waals surface area contributed by atoms with Gasteiger partial charge in [-0.2, -0.15) is 0 Å². The van der Waals surface area contributed by atoms with Crippen LogP contribution in [0.5, 0.6) is 0 Å². The topological polar surface area (TPSA) is 20.2 Å². The lowest BCUT2D eigenvalue weighted by atomic mass is 10.3. The van der Waals surface area contributed by atoms with E-state index in [0.29, 0.717) is 5.76 Å². The highest BCUT2D eigenvalue weighted by Gasteiger charge is 1.73. The Balaban J connectivity index is 0. The van der Waals surface area contributed by atoms with Gasteiger partial charge in [0.05, 0.1) is 5.76 Å². The van der Waals surface area contributed by atoms with Crippen molar-refractivity contribution in [3.63, 3.8) is 0 Å². The number of rotatable bonds is 1. The average molecular weight is 154 g/mol. The summed E-state index contributed by atoms with van der Waals surface area (Å²) in [6.45, 7) is 10.9. The van der Waals surface area contributed by atoms with Gasteiger partial charge in [0.1, 0.15) is 0 Å². The minimum atomic E-state index is 0.353. The number of allylic oxidation sites excluding steroid dienone is 5. The van der Waals surface area contributed by atoms with Crippen LogP contribution >= 0.6 is 0 Å². The molecule has 0 fully saturated rings. The lowest BCUT2D eigenvalue weighted by Crippen LogP contribution is -1.66. The van der Waals surface area contributed by atoms with Crippen LogP contribution in [-0.2, 0) is 0 Å². The van der Waals surface area contributed by atoms with E-state index in [1.54, 1.807) is 19.1 Å². The maximum atomic E-state index is 8.62. The fraction of sp³-hybridized carbons (Fsp3) is 0.400. The van der Waals surface area contributed by atoms with Gasteiger partial charge >= 0.3 is 0 Å². The molecule has 1 N–H and O–H groups in total. The molecule has 0 aliphatic heterocycles. The molecule has 64 valence electrons. The molecule has 0 heterocycles. The van der Waals surface area contributed by atoms with Crippen LogP contribution in [0.4, 0.5) is 0 Å². The van der Waals surface area contributed by atoms with E-state index in [0.717, 1.165) is 0 Å². The van der Waals surface area contributed by atoms with Crippen molar-refractivity contribution in [1.29, 1.82) is 0 Å². The van der Waals surface area contributed by atoms with Crippen LogP contribution < -0.4 is 0 Å². The molecule has 1 heteroatoms. The molecule has 0 aromatic carbocycles. The van der Waals surface area contributed by atoms with Crippen LogP contribution in [0.1, 0.15) is 27.7 Å². The van der Waals surface area contributed by atoms with E-state index in [9.17, 15) is 0 Å². The molecule has 0 aliphatic rings. The minimum Gasteiger partial charge on any atom is -0.513 e. The highest BCUT2D eigenvalue weighted by molar-refractivity contribution is 5.09. The van der Waals surface area contributed by atoms with Gasteiger partial charge in [0.2, 0.25) is 0 Å². The summed E-state index contributed by atoms with van der Waals surface area (Å²) in [7, 11) is 0. The average Bonchev–Trinajstić information content (AvgIpc) is 1.85. The first kappa shape index (κ1) is 12.7. The Hall–Kier alpha value is -0.980. The fourth-order valence-electron chi connectivity index (χ4n) is 0.287. The van der Waals surface area contributed by atoms with Crippen molar-refractivity contribution in [1.82, 2.24) is 0 Å². The molecule has 0 atom stereocenters. The van der Waals surface area contributed by atoms with Crippen molar-refractivity contribution < 1.29 is 5.11 Å². The second-order valence-corrected chi connectivity index (χ2v) is 2.46. The van der Waals surface area contributed by atoms with Gasteiger partial charge in [0.15, 0.2) is 0 Å². The van der Waals surface area contributed by atoms with Crippen LogP contribution in [0.3, 0.4) is 0 Å². The number of hydrogen-bond donors (Lipinski definition) is 1. The van der Waals surface area contributed by atoms with Crippen molar-refractivity contribution >= 4 is 0 Å². The largest absolute Gasteiger partial charge is 0.513 e. The zero-order valence-corrected chi connectivity index (χ0v) is 7.89. The summed E-state index contributed by atoms with van der Waals surface area (Å²) < 4.78 is 0. The molecule has 1 nitrogen and oxygen atoms in total. The van der Waals surface area contributed by atoms with Crippen molar-refractivity contribution in [2.45, 2.75) is 27.7 Å². The molecule has 0 aromatic heterocycles. The zero-order valence-electron chi connectivity index (χ0n) is 7.89. The summed E-state index contributed by atoms with van der Waals surface area (Å²) >= 11 is 0. The summed E-state index contributed by atoms with van der Waals surface area (Å²) in [6.07, 6.45) is 5.30. The normalized spacial score (nSPS) is 9.27. The molecule has 0 spiro atoms. The number of hydrogen-bond acceptors (Lipinski definition) is 1. The number of aliphatic hydroxyl groups is 1.